The molecule has 0 aliphatic heterocycles. The van der Waals surface area contributed by atoms with Gasteiger partial charge in [0.05, 0.1) is 5.69 Å². The van der Waals surface area contributed by atoms with Gasteiger partial charge in [-0.2, -0.15) is 0 Å². The van der Waals surface area contributed by atoms with Gasteiger partial charge in [0, 0.05) is 5.69 Å². The Bertz CT molecular complexity index is 422. The lowest BCUT2D eigenvalue weighted by Gasteiger charge is -2.09. The lowest BCUT2D eigenvalue weighted by Crippen LogP contribution is -1.94. The molecule has 2 rings (SSSR count). The van der Waals surface area contributed by atoms with Gasteiger partial charge in [-0.3, -0.25) is 0 Å². The van der Waals surface area contributed by atoms with Crippen molar-refractivity contribution in [1.29, 1.82) is 0 Å². The van der Waals surface area contributed by atoms with E-state index in [2.05, 4.69) is 5.32 Å². The standard InChI is InChI=1S/C13H12FN/c1-10-6-2-4-8-12(10)15-13-9-5-3-7-11(13)14/h2-9,15H,1H3. The van der Waals surface area contributed by atoms with Crippen LogP contribution in [-0.2, 0) is 0 Å². The van der Waals surface area contributed by atoms with Crippen LogP contribution >= 0.6 is 0 Å². The molecule has 0 unspecified atom stereocenters. The zero-order chi connectivity index (χ0) is 10.7. The van der Waals surface area contributed by atoms with Crippen LogP contribution in [0.2, 0.25) is 0 Å². The van der Waals surface area contributed by atoms with E-state index in [1.54, 1.807) is 12.1 Å². The molecule has 0 saturated carbocycles. The second-order valence-corrected chi connectivity index (χ2v) is 3.42. The summed E-state index contributed by atoms with van der Waals surface area (Å²) in [5.74, 6) is -0.235. The Morgan fingerprint density at radius 1 is 0.867 bits per heavy atom. The third-order valence-corrected chi connectivity index (χ3v) is 2.29. The van der Waals surface area contributed by atoms with E-state index in [9.17, 15) is 4.39 Å². The van der Waals surface area contributed by atoms with Crippen LogP contribution in [0.4, 0.5) is 15.8 Å². The Morgan fingerprint density at radius 3 is 2.13 bits per heavy atom. The van der Waals surface area contributed by atoms with Gasteiger partial charge in [-0.1, -0.05) is 30.3 Å². The average molecular weight is 201 g/mol. The first-order valence-electron chi connectivity index (χ1n) is 4.84. The topological polar surface area (TPSA) is 12.0 Å². The maximum Gasteiger partial charge on any atom is 0.146 e. The second kappa shape index (κ2) is 4.13. The first-order chi connectivity index (χ1) is 7.27. The van der Waals surface area contributed by atoms with E-state index in [0.29, 0.717) is 5.69 Å². The van der Waals surface area contributed by atoms with Crippen molar-refractivity contribution in [3.05, 3.63) is 59.9 Å². The quantitative estimate of drug-likeness (QED) is 0.777. The highest BCUT2D eigenvalue weighted by molar-refractivity contribution is 5.63. The highest BCUT2D eigenvalue weighted by atomic mass is 19.1. The molecule has 2 aromatic rings. The van der Waals surface area contributed by atoms with Crippen LogP contribution in [0, 0.1) is 12.7 Å². The minimum atomic E-state index is -0.235. The van der Waals surface area contributed by atoms with Crippen molar-refractivity contribution >= 4 is 11.4 Å². The summed E-state index contributed by atoms with van der Waals surface area (Å²) < 4.78 is 13.3. The zero-order valence-corrected chi connectivity index (χ0v) is 8.50. The van der Waals surface area contributed by atoms with Gasteiger partial charge in [0.1, 0.15) is 5.82 Å². The fraction of sp³-hybridized carbons (Fsp3) is 0.0769. The van der Waals surface area contributed by atoms with Gasteiger partial charge >= 0.3 is 0 Å². The number of hydrogen-bond acceptors (Lipinski definition) is 1. The molecular weight excluding hydrogens is 189 g/mol. The molecule has 0 amide bonds. The molecule has 0 saturated heterocycles. The number of anilines is 2. The summed E-state index contributed by atoms with van der Waals surface area (Å²) in [6, 6.07) is 14.5. The van der Waals surface area contributed by atoms with Crippen LogP contribution in [0.5, 0.6) is 0 Å². The van der Waals surface area contributed by atoms with E-state index in [4.69, 9.17) is 0 Å². The fourth-order valence-electron chi connectivity index (χ4n) is 1.42. The summed E-state index contributed by atoms with van der Waals surface area (Å²) in [6.45, 7) is 1.99. The van der Waals surface area contributed by atoms with E-state index < -0.39 is 0 Å². The Balaban J connectivity index is 2.30. The first-order valence-corrected chi connectivity index (χ1v) is 4.84. The van der Waals surface area contributed by atoms with Crippen molar-refractivity contribution in [1.82, 2.24) is 0 Å². The molecule has 76 valence electrons. The van der Waals surface area contributed by atoms with Crippen molar-refractivity contribution in [2.75, 3.05) is 5.32 Å². The second-order valence-electron chi connectivity index (χ2n) is 3.42. The van der Waals surface area contributed by atoms with Gasteiger partial charge in [0.25, 0.3) is 0 Å². The van der Waals surface area contributed by atoms with Crippen LogP contribution < -0.4 is 5.32 Å². The van der Waals surface area contributed by atoms with Crippen LogP contribution in [0.3, 0.4) is 0 Å². The Labute approximate surface area is 88.6 Å². The summed E-state index contributed by atoms with van der Waals surface area (Å²) >= 11 is 0. The lowest BCUT2D eigenvalue weighted by atomic mass is 10.2. The molecule has 15 heavy (non-hydrogen) atoms. The molecule has 1 nitrogen and oxygen atoms in total. The molecule has 0 aliphatic rings. The first kappa shape index (κ1) is 9.71. The molecule has 0 spiro atoms. The molecule has 2 aromatic carbocycles. The van der Waals surface area contributed by atoms with Crippen LogP contribution in [0.25, 0.3) is 0 Å². The van der Waals surface area contributed by atoms with E-state index in [0.717, 1.165) is 11.3 Å². The zero-order valence-electron chi connectivity index (χ0n) is 8.50. The third-order valence-electron chi connectivity index (χ3n) is 2.29. The molecule has 0 heterocycles. The molecule has 0 bridgehead atoms. The predicted molar refractivity (Wildman–Crippen MR) is 60.9 cm³/mol. The van der Waals surface area contributed by atoms with Gasteiger partial charge in [-0.25, -0.2) is 4.39 Å². The Morgan fingerprint density at radius 2 is 1.47 bits per heavy atom. The summed E-state index contributed by atoms with van der Waals surface area (Å²) in [5, 5.41) is 3.07. The largest absolute Gasteiger partial charge is 0.353 e. The number of hydrogen-bond donors (Lipinski definition) is 1. The highest BCUT2D eigenvalue weighted by Crippen LogP contribution is 2.21. The van der Waals surface area contributed by atoms with Gasteiger partial charge in [-0.15, -0.1) is 0 Å². The highest BCUT2D eigenvalue weighted by Gasteiger charge is 2.01. The van der Waals surface area contributed by atoms with Gasteiger partial charge in [0.2, 0.25) is 0 Å². The summed E-state index contributed by atoms with van der Waals surface area (Å²) in [6.07, 6.45) is 0. The maximum absolute atomic E-state index is 13.3. The van der Waals surface area contributed by atoms with Crippen molar-refractivity contribution in [3.63, 3.8) is 0 Å². The predicted octanol–water partition coefficient (Wildman–Crippen LogP) is 3.88. The average Bonchev–Trinajstić information content (AvgIpc) is 2.24. The maximum atomic E-state index is 13.3. The van der Waals surface area contributed by atoms with Gasteiger partial charge < -0.3 is 5.32 Å². The number of rotatable bonds is 2. The Hall–Kier alpha value is -1.83. The van der Waals surface area contributed by atoms with Gasteiger partial charge in [0.15, 0.2) is 0 Å². The SMILES string of the molecule is Cc1ccccc1Nc1ccccc1F. The smallest absolute Gasteiger partial charge is 0.146 e. The number of aryl methyl sites for hydroxylation is 1. The minimum Gasteiger partial charge on any atom is -0.353 e. The van der Waals surface area contributed by atoms with E-state index in [-0.39, 0.29) is 5.82 Å². The number of benzene rings is 2. The van der Waals surface area contributed by atoms with E-state index in [1.807, 2.05) is 37.3 Å². The molecule has 0 aliphatic carbocycles. The summed E-state index contributed by atoms with van der Waals surface area (Å²) in [4.78, 5) is 0. The Kier molecular flexibility index (Phi) is 2.68. The van der Waals surface area contributed by atoms with Gasteiger partial charge in [-0.05, 0) is 30.7 Å². The molecule has 2 heteroatoms. The lowest BCUT2D eigenvalue weighted by molar-refractivity contribution is 0.632. The van der Waals surface area contributed by atoms with Crippen molar-refractivity contribution in [2.45, 2.75) is 6.92 Å². The van der Waals surface area contributed by atoms with E-state index >= 15 is 0 Å². The van der Waals surface area contributed by atoms with Crippen LogP contribution in [0.15, 0.2) is 48.5 Å². The molecule has 0 radical (unpaired) electrons. The number of halogens is 1. The molecule has 0 fully saturated rings. The summed E-state index contributed by atoms with van der Waals surface area (Å²) in [7, 11) is 0. The fourth-order valence-corrected chi connectivity index (χ4v) is 1.42. The van der Waals surface area contributed by atoms with Crippen molar-refractivity contribution in [2.24, 2.45) is 0 Å². The van der Waals surface area contributed by atoms with E-state index in [1.165, 1.54) is 6.07 Å². The van der Waals surface area contributed by atoms with Crippen molar-refractivity contribution < 1.29 is 4.39 Å². The molecule has 1 N–H and O–H groups in total. The third kappa shape index (κ3) is 2.15. The monoisotopic (exact) mass is 201 g/mol. The number of para-hydroxylation sites is 2. The normalized spacial score (nSPS) is 10.0. The van der Waals surface area contributed by atoms with Crippen LogP contribution in [0.1, 0.15) is 5.56 Å². The van der Waals surface area contributed by atoms with Crippen LogP contribution in [-0.4, -0.2) is 0 Å². The summed E-state index contributed by atoms with van der Waals surface area (Å²) in [5.41, 5.74) is 2.54. The minimum absolute atomic E-state index is 0.235. The molecule has 0 atom stereocenters. The molecular formula is C13H12FN. The number of nitrogens with one attached hydrogen (secondary N) is 1. The van der Waals surface area contributed by atoms with Crippen molar-refractivity contribution in [3.8, 4) is 0 Å². The molecule has 0 aromatic heterocycles.